The maximum absolute atomic E-state index is 13.9. The SMILES string of the molecule is O=P(c1ccccc1)(c1ccccc1)c1ccc(F)cc1Cl. The van der Waals surface area contributed by atoms with Crippen molar-refractivity contribution in [3.63, 3.8) is 0 Å². The zero-order valence-corrected chi connectivity index (χ0v) is 13.3. The van der Waals surface area contributed by atoms with Crippen molar-refractivity contribution in [2.24, 2.45) is 0 Å². The van der Waals surface area contributed by atoms with E-state index in [1.54, 1.807) is 0 Å². The van der Waals surface area contributed by atoms with Crippen molar-refractivity contribution in [2.75, 3.05) is 0 Å². The maximum atomic E-state index is 13.9. The highest BCUT2D eigenvalue weighted by Crippen LogP contribution is 2.44. The molecule has 3 rings (SSSR count). The molecule has 0 saturated carbocycles. The van der Waals surface area contributed by atoms with Crippen molar-refractivity contribution in [3.8, 4) is 0 Å². The second kappa shape index (κ2) is 6.08. The van der Waals surface area contributed by atoms with Crippen molar-refractivity contribution >= 4 is 34.7 Å². The van der Waals surface area contributed by atoms with E-state index in [1.165, 1.54) is 18.2 Å². The molecule has 3 aromatic carbocycles. The van der Waals surface area contributed by atoms with Crippen LogP contribution in [-0.2, 0) is 4.57 Å². The zero-order chi connectivity index (χ0) is 15.6. The van der Waals surface area contributed by atoms with Crippen LogP contribution in [0.15, 0.2) is 78.9 Å². The molecule has 0 bridgehead atoms. The van der Waals surface area contributed by atoms with Gasteiger partial charge in [0.2, 0.25) is 0 Å². The molecule has 1 nitrogen and oxygen atoms in total. The minimum absolute atomic E-state index is 0.177. The Morgan fingerprint density at radius 3 is 1.73 bits per heavy atom. The summed E-state index contributed by atoms with van der Waals surface area (Å²) >= 11 is 6.20. The van der Waals surface area contributed by atoms with Gasteiger partial charge in [-0.05, 0) is 18.2 Å². The Morgan fingerprint density at radius 2 is 1.27 bits per heavy atom. The first kappa shape index (κ1) is 15.0. The van der Waals surface area contributed by atoms with Gasteiger partial charge >= 0.3 is 0 Å². The summed E-state index contributed by atoms with van der Waals surface area (Å²) in [5, 5.41) is 1.98. The first-order valence-electron chi connectivity index (χ1n) is 6.79. The van der Waals surface area contributed by atoms with E-state index in [0.717, 1.165) is 0 Å². The Morgan fingerprint density at radius 1 is 0.773 bits per heavy atom. The smallest absolute Gasteiger partial charge is 0.172 e. The second-order valence-corrected chi connectivity index (χ2v) is 8.02. The Kier molecular flexibility index (Phi) is 4.15. The van der Waals surface area contributed by atoms with Gasteiger partial charge in [0.15, 0.2) is 7.14 Å². The molecule has 0 N–H and O–H groups in total. The lowest BCUT2D eigenvalue weighted by molar-refractivity contribution is 0.592. The van der Waals surface area contributed by atoms with E-state index in [2.05, 4.69) is 0 Å². The molecule has 0 unspecified atom stereocenters. The third-order valence-corrected chi connectivity index (χ3v) is 7.05. The van der Waals surface area contributed by atoms with Gasteiger partial charge in [0.1, 0.15) is 5.82 Å². The monoisotopic (exact) mass is 330 g/mol. The van der Waals surface area contributed by atoms with E-state index < -0.39 is 13.0 Å². The molecule has 3 aromatic rings. The van der Waals surface area contributed by atoms with Gasteiger partial charge < -0.3 is 4.57 Å². The highest BCUT2D eigenvalue weighted by Gasteiger charge is 2.31. The summed E-state index contributed by atoms with van der Waals surface area (Å²) < 4.78 is 27.3. The second-order valence-electron chi connectivity index (χ2n) is 4.88. The van der Waals surface area contributed by atoms with E-state index in [9.17, 15) is 8.96 Å². The van der Waals surface area contributed by atoms with Crippen LogP contribution in [0.4, 0.5) is 4.39 Å². The van der Waals surface area contributed by atoms with Crippen LogP contribution in [0.25, 0.3) is 0 Å². The van der Waals surface area contributed by atoms with Crippen LogP contribution in [0.2, 0.25) is 5.02 Å². The fraction of sp³-hybridized carbons (Fsp3) is 0. The van der Waals surface area contributed by atoms with Crippen molar-refractivity contribution in [3.05, 3.63) is 89.7 Å². The molecule has 0 aliphatic rings. The molecular weight excluding hydrogens is 318 g/mol. The first-order chi connectivity index (χ1) is 10.6. The molecule has 0 atom stereocenters. The molecule has 22 heavy (non-hydrogen) atoms. The van der Waals surface area contributed by atoms with Crippen LogP contribution in [0.5, 0.6) is 0 Å². The summed E-state index contributed by atoms with van der Waals surface area (Å²) in [6.07, 6.45) is 0. The largest absolute Gasteiger partial charge is 0.309 e. The molecule has 0 fully saturated rings. The lowest BCUT2D eigenvalue weighted by Crippen LogP contribution is -2.25. The Bertz CT molecular complexity index is 791. The van der Waals surface area contributed by atoms with Gasteiger partial charge in [0, 0.05) is 15.9 Å². The number of hydrogen-bond acceptors (Lipinski definition) is 1. The molecule has 0 heterocycles. The number of benzene rings is 3. The predicted octanol–water partition coefficient (Wildman–Crippen LogP) is 4.12. The third kappa shape index (κ3) is 2.61. The fourth-order valence-electron chi connectivity index (χ4n) is 2.44. The molecule has 0 spiro atoms. The van der Waals surface area contributed by atoms with E-state index in [1.807, 2.05) is 60.7 Å². The third-order valence-electron chi connectivity index (χ3n) is 3.49. The van der Waals surface area contributed by atoms with Crippen LogP contribution < -0.4 is 15.9 Å². The van der Waals surface area contributed by atoms with Crippen LogP contribution >= 0.6 is 18.7 Å². The van der Waals surface area contributed by atoms with Gasteiger partial charge in [-0.2, -0.15) is 0 Å². The van der Waals surface area contributed by atoms with Crippen molar-refractivity contribution in [1.82, 2.24) is 0 Å². The normalized spacial score (nSPS) is 11.4. The van der Waals surface area contributed by atoms with E-state index in [0.29, 0.717) is 15.9 Å². The molecule has 4 heteroatoms. The van der Waals surface area contributed by atoms with E-state index in [-0.39, 0.29) is 5.02 Å². The Hall–Kier alpha value is -1.89. The minimum atomic E-state index is -3.13. The fourth-order valence-corrected chi connectivity index (χ4v) is 5.65. The van der Waals surface area contributed by atoms with Crippen LogP contribution in [0.1, 0.15) is 0 Å². The minimum Gasteiger partial charge on any atom is -0.309 e. The molecule has 0 aliphatic carbocycles. The number of halogens is 2. The van der Waals surface area contributed by atoms with Gasteiger partial charge in [-0.3, -0.25) is 0 Å². The molecule has 0 radical (unpaired) electrons. The standard InChI is InChI=1S/C18H13ClFOP/c19-17-13-14(20)11-12-18(17)22(21,15-7-3-1-4-8-15)16-9-5-2-6-10-16/h1-13H. The summed E-state index contributed by atoms with van der Waals surface area (Å²) in [5.41, 5.74) is 0. The average Bonchev–Trinajstić information content (AvgIpc) is 2.56. The Labute approximate surface area is 133 Å². The quantitative estimate of drug-likeness (QED) is 0.660. The topological polar surface area (TPSA) is 17.1 Å². The van der Waals surface area contributed by atoms with Gasteiger partial charge in [-0.15, -0.1) is 0 Å². The molecule has 0 saturated heterocycles. The van der Waals surface area contributed by atoms with Crippen LogP contribution in [0, 0.1) is 5.82 Å². The van der Waals surface area contributed by atoms with Crippen LogP contribution in [0.3, 0.4) is 0 Å². The lowest BCUT2D eigenvalue weighted by atomic mass is 10.3. The molecular formula is C18H13ClFOP. The molecule has 0 amide bonds. The number of rotatable bonds is 3. The van der Waals surface area contributed by atoms with Crippen molar-refractivity contribution < 1.29 is 8.96 Å². The maximum Gasteiger partial charge on any atom is 0.172 e. The van der Waals surface area contributed by atoms with Crippen molar-refractivity contribution in [1.29, 1.82) is 0 Å². The summed E-state index contributed by atoms with van der Waals surface area (Å²) in [4.78, 5) is 0. The zero-order valence-electron chi connectivity index (χ0n) is 11.6. The summed E-state index contributed by atoms with van der Waals surface area (Å²) in [6, 6.07) is 22.3. The predicted molar refractivity (Wildman–Crippen MR) is 90.8 cm³/mol. The highest BCUT2D eigenvalue weighted by atomic mass is 35.5. The van der Waals surface area contributed by atoms with Gasteiger partial charge in [-0.1, -0.05) is 72.3 Å². The molecule has 0 aliphatic heterocycles. The molecule has 110 valence electrons. The van der Waals surface area contributed by atoms with E-state index in [4.69, 9.17) is 11.6 Å². The summed E-state index contributed by atoms with van der Waals surface area (Å²) in [6.45, 7) is 0. The van der Waals surface area contributed by atoms with E-state index >= 15 is 0 Å². The van der Waals surface area contributed by atoms with Gasteiger partial charge in [0.05, 0.1) is 5.02 Å². The van der Waals surface area contributed by atoms with Gasteiger partial charge in [-0.25, -0.2) is 4.39 Å². The van der Waals surface area contributed by atoms with Gasteiger partial charge in [0.25, 0.3) is 0 Å². The molecule has 0 aromatic heterocycles. The van der Waals surface area contributed by atoms with Crippen LogP contribution in [-0.4, -0.2) is 0 Å². The summed E-state index contributed by atoms with van der Waals surface area (Å²) in [5.74, 6) is -0.443. The lowest BCUT2D eigenvalue weighted by Gasteiger charge is -2.21. The Balaban J connectivity index is 2.31. The number of hydrogen-bond donors (Lipinski definition) is 0. The van der Waals surface area contributed by atoms with Crippen molar-refractivity contribution in [2.45, 2.75) is 0 Å². The summed E-state index contributed by atoms with van der Waals surface area (Å²) in [7, 11) is -3.13. The first-order valence-corrected chi connectivity index (χ1v) is 8.88. The average molecular weight is 331 g/mol. The highest BCUT2D eigenvalue weighted by molar-refractivity contribution is 7.85.